The van der Waals surface area contributed by atoms with E-state index in [0.29, 0.717) is 6.54 Å². The molecule has 0 saturated heterocycles. The molecule has 2 aromatic heterocycles. The Bertz CT molecular complexity index is 1130. The Morgan fingerprint density at radius 2 is 2.00 bits per heavy atom. The standard InChI is InChI=1S/C24H26ClN3OS2/c1-14-17-7-2-3-8-20(17)31-23(14)28-24(29)27-12-19-18-9-10-26-13-21(18)30-22(19)15-5-4-6-16(25)11-15/h4-6,11,26H,2-3,7-10,12-13H2,1H3,(H2,27,28,29). The van der Waals surface area contributed by atoms with Gasteiger partial charge in [0.1, 0.15) is 0 Å². The van der Waals surface area contributed by atoms with Crippen molar-refractivity contribution in [2.24, 2.45) is 0 Å². The van der Waals surface area contributed by atoms with Crippen LogP contribution in [-0.2, 0) is 32.4 Å². The van der Waals surface area contributed by atoms with E-state index in [1.165, 1.54) is 49.7 Å². The normalized spacial score (nSPS) is 15.3. The average molecular weight is 472 g/mol. The van der Waals surface area contributed by atoms with Crippen molar-refractivity contribution in [3.05, 3.63) is 61.3 Å². The van der Waals surface area contributed by atoms with Crippen molar-refractivity contribution < 1.29 is 4.79 Å². The summed E-state index contributed by atoms with van der Waals surface area (Å²) < 4.78 is 0. The van der Waals surface area contributed by atoms with Gasteiger partial charge in [0.25, 0.3) is 0 Å². The molecule has 0 radical (unpaired) electrons. The minimum atomic E-state index is -0.132. The van der Waals surface area contributed by atoms with Crippen LogP contribution in [0.3, 0.4) is 0 Å². The van der Waals surface area contributed by atoms with Crippen LogP contribution in [-0.4, -0.2) is 12.6 Å². The van der Waals surface area contributed by atoms with Crippen molar-refractivity contribution in [2.45, 2.75) is 52.1 Å². The summed E-state index contributed by atoms with van der Waals surface area (Å²) in [5.74, 6) is 0. The second-order valence-corrected chi connectivity index (χ2v) is 10.9. The fraction of sp³-hybridized carbons (Fsp3) is 0.375. The van der Waals surface area contributed by atoms with Gasteiger partial charge in [0.2, 0.25) is 0 Å². The van der Waals surface area contributed by atoms with E-state index in [2.05, 4.69) is 28.9 Å². The summed E-state index contributed by atoms with van der Waals surface area (Å²) in [6.07, 6.45) is 5.77. The quantitative estimate of drug-likeness (QED) is 0.419. The molecule has 0 saturated carbocycles. The zero-order valence-electron chi connectivity index (χ0n) is 17.6. The maximum atomic E-state index is 12.8. The molecule has 4 nitrogen and oxygen atoms in total. The summed E-state index contributed by atoms with van der Waals surface area (Å²) in [5, 5.41) is 11.4. The highest BCUT2D eigenvalue weighted by Crippen LogP contribution is 2.40. The molecular weight excluding hydrogens is 446 g/mol. The number of anilines is 1. The molecule has 162 valence electrons. The van der Waals surface area contributed by atoms with Crippen molar-refractivity contribution >= 4 is 45.3 Å². The Balaban J connectivity index is 1.36. The summed E-state index contributed by atoms with van der Waals surface area (Å²) in [5.41, 5.74) is 6.41. The Labute approximate surface area is 196 Å². The number of carbonyl (C=O) groups is 1. The first-order chi connectivity index (χ1) is 15.1. The zero-order chi connectivity index (χ0) is 21.4. The number of hydrogen-bond acceptors (Lipinski definition) is 4. The molecule has 3 heterocycles. The number of carbonyl (C=O) groups excluding carboxylic acids is 1. The summed E-state index contributed by atoms with van der Waals surface area (Å²) >= 11 is 9.82. The van der Waals surface area contributed by atoms with Gasteiger partial charge >= 0.3 is 6.03 Å². The van der Waals surface area contributed by atoms with Gasteiger partial charge in [-0.1, -0.05) is 23.7 Å². The average Bonchev–Trinajstić information content (AvgIpc) is 3.30. The lowest BCUT2D eigenvalue weighted by Crippen LogP contribution is -2.29. The van der Waals surface area contributed by atoms with Gasteiger partial charge in [-0.05, 0) is 85.5 Å². The topological polar surface area (TPSA) is 53.2 Å². The zero-order valence-corrected chi connectivity index (χ0v) is 20.0. The van der Waals surface area contributed by atoms with E-state index in [9.17, 15) is 4.79 Å². The lowest BCUT2D eigenvalue weighted by Gasteiger charge is -2.15. The number of nitrogens with one attached hydrogen (secondary N) is 3. The van der Waals surface area contributed by atoms with E-state index in [-0.39, 0.29) is 6.03 Å². The highest BCUT2D eigenvalue weighted by atomic mass is 35.5. The van der Waals surface area contributed by atoms with Gasteiger partial charge in [-0.15, -0.1) is 22.7 Å². The number of amides is 2. The van der Waals surface area contributed by atoms with Crippen molar-refractivity contribution in [3.63, 3.8) is 0 Å². The third-order valence-electron chi connectivity index (χ3n) is 6.21. The first-order valence-corrected chi connectivity index (χ1v) is 12.9. The molecule has 0 fully saturated rings. The number of hydrogen-bond donors (Lipinski definition) is 3. The van der Waals surface area contributed by atoms with Gasteiger partial charge < -0.3 is 10.6 Å². The first kappa shape index (κ1) is 21.0. The van der Waals surface area contributed by atoms with E-state index in [0.717, 1.165) is 47.9 Å². The molecule has 31 heavy (non-hydrogen) atoms. The molecule has 1 aliphatic carbocycles. The molecule has 2 amide bonds. The second-order valence-electron chi connectivity index (χ2n) is 8.22. The van der Waals surface area contributed by atoms with E-state index in [1.54, 1.807) is 11.3 Å². The minimum absolute atomic E-state index is 0.132. The molecule has 0 unspecified atom stereocenters. The van der Waals surface area contributed by atoms with Gasteiger partial charge in [-0.2, -0.15) is 0 Å². The molecule has 3 N–H and O–H groups in total. The number of fused-ring (bicyclic) bond motifs is 2. The lowest BCUT2D eigenvalue weighted by atomic mass is 9.96. The number of benzene rings is 1. The molecule has 2 aliphatic rings. The fourth-order valence-corrected chi connectivity index (χ4v) is 7.42. The van der Waals surface area contributed by atoms with Crippen LogP contribution in [0.4, 0.5) is 9.80 Å². The fourth-order valence-electron chi connectivity index (χ4n) is 4.61. The molecule has 0 spiro atoms. The van der Waals surface area contributed by atoms with Crippen LogP contribution in [0.25, 0.3) is 10.4 Å². The molecule has 5 rings (SSSR count). The van der Waals surface area contributed by atoms with Crippen LogP contribution in [0.5, 0.6) is 0 Å². The van der Waals surface area contributed by atoms with Crippen LogP contribution >= 0.6 is 34.3 Å². The van der Waals surface area contributed by atoms with Gasteiger partial charge in [-0.3, -0.25) is 5.32 Å². The molecule has 1 aromatic carbocycles. The SMILES string of the molecule is Cc1c(NC(=O)NCc2c(-c3cccc(Cl)c3)sc3c2CCNC3)sc2c1CCCC2. The first-order valence-electron chi connectivity index (χ1n) is 10.9. The van der Waals surface area contributed by atoms with Crippen LogP contribution in [0.1, 0.15) is 44.8 Å². The number of halogens is 1. The highest BCUT2D eigenvalue weighted by Gasteiger charge is 2.23. The molecule has 0 bridgehead atoms. The Morgan fingerprint density at radius 1 is 1.13 bits per heavy atom. The number of thiophene rings is 2. The summed E-state index contributed by atoms with van der Waals surface area (Å²) in [6.45, 7) is 4.51. The summed E-state index contributed by atoms with van der Waals surface area (Å²) in [7, 11) is 0. The van der Waals surface area contributed by atoms with Crippen LogP contribution in [0, 0.1) is 6.92 Å². The minimum Gasteiger partial charge on any atom is -0.334 e. The predicted molar refractivity (Wildman–Crippen MR) is 132 cm³/mol. The smallest absolute Gasteiger partial charge is 0.320 e. The van der Waals surface area contributed by atoms with Gasteiger partial charge in [0.05, 0.1) is 5.00 Å². The van der Waals surface area contributed by atoms with Gasteiger partial charge in [-0.25, -0.2) is 4.79 Å². The molecular formula is C24H26ClN3OS2. The summed E-state index contributed by atoms with van der Waals surface area (Å²) in [4.78, 5) is 16.8. The molecule has 1 aliphatic heterocycles. The van der Waals surface area contributed by atoms with Crippen LogP contribution < -0.4 is 16.0 Å². The second kappa shape index (κ2) is 8.94. The monoisotopic (exact) mass is 471 g/mol. The Morgan fingerprint density at radius 3 is 2.84 bits per heavy atom. The van der Waals surface area contributed by atoms with Crippen LogP contribution in [0.15, 0.2) is 24.3 Å². The van der Waals surface area contributed by atoms with E-state index in [4.69, 9.17) is 11.6 Å². The number of aryl methyl sites for hydroxylation is 1. The Hall–Kier alpha value is -1.86. The summed E-state index contributed by atoms with van der Waals surface area (Å²) in [6, 6.07) is 7.86. The lowest BCUT2D eigenvalue weighted by molar-refractivity contribution is 0.252. The van der Waals surface area contributed by atoms with Gasteiger partial charge in [0, 0.05) is 32.7 Å². The number of rotatable bonds is 4. The van der Waals surface area contributed by atoms with Crippen LogP contribution in [0.2, 0.25) is 5.02 Å². The van der Waals surface area contributed by atoms with Crippen molar-refractivity contribution in [1.29, 1.82) is 0 Å². The van der Waals surface area contributed by atoms with Crippen molar-refractivity contribution in [2.75, 3.05) is 11.9 Å². The van der Waals surface area contributed by atoms with Crippen molar-refractivity contribution in [1.82, 2.24) is 10.6 Å². The molecule has 3 aromatic rings. The van der Waals surface area contributed by atoms with E-state index < -0.39 is 0 Å². The number of urea groups is 1. The van der Waals surface area contributed by atoms with E-state index in [1.807, 2.05) is 29.5 Å². The maximum absolute atomic E-state index is 12.8. The predicted octanol–water partition coefficient (Wildman–Crippen LogP) is 6.28. The van der Waals surface area contributed by atoms with Gasteiger partial charge in [0.15, 0.2) is 0 Å². The van der Waals surface area contributed by atoms with E-state index >= 15 is 0 Å². The highest BCUT2D eigenvalue weighted by molar-refractivity contribution is 7.16. The third-order valence-corrected chi connectivity index (χ3v) is 9.08. The molecule has 7 heteroatoms. The largest absolute Gasteiger partial charge is 0.334 e. The molecule has 0 atom stereocenters. The maximum Gasteiger partial charge on any atom is 0.320 e. The van der Waals surface area contributed by atoms with Crippen molar-refractivity contribution in [3.8, 4) is 10.4 Å². The Kier molecular flexibility index (Phi) is 6.06. The third kappa shape index (κ3) is 4.27.